The van der Waals surface area contributed by atoms with Gasteiger partial charge in [-0.3, -0.25) is 4.98 Å². The Bertz CT molecular complexity index is 640. The van der Waals surface area contributed by atoms with Gasteiger partial charge in [0.05, 0.1) is 23.6 Å². The standard InChI is InChI=1S/C17H18ClNO2/c1-3-7-15-13(17(20)21-4-2)10-11-16(19-15)12-8-5-6-9-14(12)18/h5-6,8-11H,3-4,7H2,1-2H3. The van der Waals surface area contributed by atoms with Crippen molar-refractivity contribution in [2.45, 2.75) is 26.7 Å². The zero-order valence-electron chi connectivity index (χ0n) is 12.2. The van der Waals surface area contributed by atoms with E-state index < -0.39 is 0 Å². The van der Waals surface area contributed by atoms with Crippen molar-refractivity contribution in [2.75, 3.05) is 6.61 Å². The first-order valence-electron chi connectivity index (χ1n) is 7.09. The number of rotatable bonds is 5. The molecule has 3 nitrogen and oxygen atoms in total. The van der Waals surface area contributed by atoms with Crippen molar-refractivity contribution >= 4 is 17.6 Å². The molecule has 0 unspecified atom stereocenters. The van der Waals surface area contributed by atoms with Gasteiger partial charge in [0.1, 0.15) is 0 Å². The van der Waals surface area contributed by atoms with E-state index >= 15 is 0 Å². The SMILES string of the molecule is CCCc1nc(-c2ccccc2Cl)ccc1C(=O)OCC. The number of carbonyl (C=O) groups excluding carboxylic acids is 1. The van der Waals surface area contributed by atoms with Gasteiger partial charge in [-0.05, 0) is 31.5 Å². The Hall–Kier alpha value is -1.87. The van der Waals surface area contributed by atoms with E-state index in [-0.39, 0.29) is 5.97 Å². The van der Waals surface area contributed by atoms with Gasteiger partial charge in [-0.15, -0.1) is 0 Å². The number of nitrogens with zero attached hydrogens (tertiary/aromatic N) is 1. The predicted molar refractivity (Wildman–Crippen MR) is 84.6 cm³/mol. The van der Waals surface area contributed by atoms with E-state index in [0.717, 1.165) is 29.8 Å². The molecule has 1 aromatic heterocycles. The van der Waals surface area contributed by atoms with E-state index in [9.17, 15) is 4.79 Å². The summed E-state index contributed by atoms with van der Waals surface area (Å²) in [5.41, 5.74) is 2.94. The highest BCUT2D eigenvalue weighted by molar-refractivity contribution is 6.33. The predicted octanol–water partition coefficient (Wildman–Crippen LogP) is 4.53. The molecular weight excluding hydrogens is 286 g/mol. The van der Waals surface area contributed by atoms with Crippen LogP contribution in [0.15, 0.2) is 36.4 Å². The number of benzene rings is 1. The van der Waals surface area contributed by atoms with Crippen LogP contribution >= 0.6 is 11.6 Å². The zero-order valence-corrected chi connectivity index (χ0v) is 13.0. The minimum absolute atomic E-state index is 0.320. The fraction of sp³-hybridized carbons (Fsp3) is 0.294. The Kier molecular flexibility index (Phi) is 5.34. The van der Waals surface area contributed by atoms with E-state index in [1.54, 1.807) is 13.0 Å². The van der Waals surface area contributed by atoms with Crippen LogP contribution in [0, 0.1) is 0 Å². The normalized spacial score (nSPS) is 10.4. The second-order valence-corrected chi connectivity index (χ2v) is 5.05. The van der Waals surface area contributed by atoms with Crippen LogP contribution in [0.3, 0.4) is 0 Å². The second kappa shape index (κ2) is 7.23. The van der Waals surface area contributed by atoms with Crippen molar-refractivity contribution in [2.24, 2.45) is 0 Å². The van der Waals surface area contributed by atoms with E-state index in [1.165, 1.54) is 0 Å². The van der Waals surface area contributed by atoms with Crippen LogP contribution in [0.5, 0.6) is 0 Å². The van der Waals surface area contributed by atoms with Crippen molar-refractivity contribution in [1.29, 1.82) is 0 Å². The molecule has 2 rings (SSSR count). The monoisotopic (exact) mass is 303 g/mol. The Morgan fingerprint density at radius 2 is 1.95 bits per heavy atom. The van der Waals surface area contributed by atoms with Crippen LogP contribution in [0.25, 0.3) is 11.3 Å². The Morgan fingerprint density at radius 1 is 1.19 bits per heavy atom. The van der Waals surface area contributed by atoms with Gasteiger partial charge in [0.2, 0.25) is 0 Å². The van der Waals surface area contributed by atoms with Gasteiger partial charge < -0.3 is 4.74 Å². The highest BCUT2D eigenvalue weighted by atomic mass is 35.5. The molecule has 110 valence electrons. The van der Waals surface area contributed by atoms with Gasteiger partial charge in [-0.2, -0.15) is 0 Å². The summed E-state index contributed by atoms with van der Waals surface area (Å²) in [6, 6.07) is 11.1. The molecule has 1 heterocycles. The summed E-state index contributed by atoms with van der Waals surface area (Å²) in [6.45, 7) is 4.21. The number of pyridine rings is 1. The van der Waals surface area contributed by atoms with E-state index in [4.69, 9.17) is 16.3 Å². The van der Waals surface area contributed by atoms with Crippen molar-refractivity contribution < 1.29 is 9.53 Å². The molecule has 4 heteroatoms. The first kappa shape index (κ1) is 15.5. The molecular formula is C17H18ClNO2. The average Bonchev–Trinajstić information content (AvgIpc) is 2.48. The van der Waals surface area contributed by atoms with Crippen LogP contribution in [0.4, 0.5) is 0 Å². The summed E-state index contributed by atoms with van der Waals surface area (Å²) < 4.78 is 5.08. The number of hydrogen-bond acceptors (Lipinski definition) is 3. The number of aromatic nitrogens is 1. The molecule has 0 fully saturated rings. The maximum atomic E-state index is 12.0. The smallest absolute Gasteiger partial charge is 0.339 e. The number of esters is 1. The third-order valence-corrected chi connectivity index (χ3v) is 3.44. The van der Waals surface area contributed by atoms with Gasteiger partial charge in [0.25, 0.3) is 0 Å². The molecule has 0 spiro atoms. The van der Waals surface area contributed by atoms with Gasteiger partial charge in [-0.25, -0.2) is 4.79 Å². The topological polar surface area (TPSA) is 39.2 Å². The maximum Gasteiger partial charge on any atom is 0.339 e. The molecule has 0 atom stereocenters. The number of hydrogen-bond donors (Lipinski definition) is 0. The number of ether oxygens (including phenoxy) is 1. The molecule has 0 aliphatic heterocycles. The number of halogens is 1. The summed E-state index contributed by atoms with van der Waals surface area (Å²) >= 11 is 6.21. The minimum Gasteiger partial charge on any atom is -0.462 e. The molecule has 0 saturated heterocycles. The van der Waals surface area contributed by atoms with Gasteiger partial charge in [0, 0.05) is 10.6 Å². The average molecular weight is 304 g/mol. The Labute approximate surface area is 129 Å². The molecule has 0 bridgehead atoms. The summed E-state index contributed by atoms with van der Waals surface area (Å²) in [5.74, 6) is -0.320. The summed E-state index contributed by atoms with van der Waals surface area (Å²) in [6.07, 6.45) is 1.64. The Morgan fingerprint density at radius 3 is 2.62 bits per heavy atom. The van der Waals surface area contributed by atoms with Crippen LogP contribution in [0.1, 0.15) is 36.3 Å². The fourth-order valence-electron chi connectivity index (χ4n) is 2.14. The first-order valence-corrected chi connectivity index (χ1v) is 7.47. The summed E-state index contributed by atoms with van der Waals surface area (Å²) in [5, 5.41) is 0.649. The van der Waals surface area contributed by atoms with Crippen LogP contribution in [-0.4, -0.2) is 17.6 Å². The molecule has 0 aliphatic carbocycles. The Balaban J connectivity index is 2.45. The van der Waals surface area contributed by atoms with Crippen LogP contribution < -0.4 is 0 Å². The largest absolute Gasteiger partial charge is 0.462 e. The van der Waals surface area contributed by atoms with Crippen LogP contribution in [-0.2, 0) is 11.2 Å². The van der Waals surface area contributed by atoms with E-state index in [0.29, 0.717) is 17.2 Å². The lowest BCUT2D eigenvalue weighted by Gasteiger charge is -2.10. The molecule has 21 heavy (non-hydrogen) atoms. The third-order valence-electron chi connectivity index (χ3n) is 3.11. The number of carbonyl (C=O) groups is 1. The van der Waals surface area contributed by atoms with Crippen molar-refractivity contribution in [3.05, 3.63) is 52.7 Å². The van der Waals surface area contributed by atoms with E-state index in [1.807, 2.05) is 30.3 Å². The molecule has 0 amide bonds. The summed E-state index contributed by atoms with van der Waals surface area (Å²) in [7, 11) is 0. The molecule has 0 radical (unpaired) electrons. The molecule has 0 N–H and O–H groups in total. The van der Waals surface area contributed by atoms with Crippen molar-refractivity contribution in [1.82, 2.24) is 4.98 Å². The quantitative estimate of drug-likeness (QED) is 0.762. The maximum absolute atomic E-state index is 12.0. The van der Waals surface area contributed by atoms with Crippen molar-refractivity contribution in [3.8, 4) is 11.3 Å². The number of aryl methyl sites for hydroxylation is 1. The van der Waals surface area contributed by atoms with E-state index in [2.05, 4.69) is 11.9 Å². The lowest BCUT2D eigenvalue weighted by atomic mass is 10.1. The highest BCUT2D eigenvalue weighted by Crippen LogP contribution is 2.27. The molecule has 2 aromatic rings. The van der Waals surface area contributed by atoms with Gasteiger partial charge >= 0.3 is 5.97 Å². The minimum atomic E-state index is -0.320. The van der Waals surface area contributed by atoms with Crippen LogP contribution in [0.2, 0.25) is 5.02 Å². The molecule has 1 aromatic carbocycles. The zero-order chi connectivity index (χ0) is 15.2. The van der Waals surface area contributed by atoms with Gasteiger partial charge in [0.15, 0.2) is 0 Å². The first-order chi connectivity index (χ1) is 10.2. The second-order valence-electron chi connectivity index (χ2n) is 4.64. The highest BCUT2D eigenvalue weighted by Gasteiger charge is 2.15. The molecule has 0 saturated carbocycles. The third kappa shape index (κ3) is 3.61. The van der Waals surface area contributed by atoms with Crippen molar-refractivity contribution in [3.63, 3.8) is 0 Å². The lowest BCUT2D eigenvalue weighted by Crippen LogP contribution is -2.10. The fourth-order valence-corrected chi connectivity index (χ4v) is 2.37. The van der Waals surface area contributed by atoms with Gasteiger partial charge in [-0.1, -0.05) is 43.1 Å². The molecule has 0 aliphatic rings. The lowest BCUT2D eigenvalue weighted by molar-refractivity contribution is 0.0524. The summed E-state index contributed by atoms with van der Waals surface area (Å²) in [4.78, 5) is 16.6.